The number of ether oxygens (including phenoxy) is 1. The number of hydrogen-bond acceptors (Lipinski definition) is 4. The Morgan fingerprint density at radius 1 is 1.39 bits per heavy atom. The molecular formula is C14H30N2O2. The van der Waals surface area contributed by atoms with Crippen LogP contribution in [0.4, 0.5) is 0 Å². The molecule has 0 aromatic rings. The van der Waals surface area contributed by atoms with Crippen molar-refractivity contribution in [3.05, 3.63) is 0 Å². The van der Waals surface area contributed by atoms with Crippen LogP contribution in [0, 0.1) is 5.92 Å². The van der Waals surface area contributed by atoms with Gasteiger partial charge in [0.05, 0.1) is 18.8 Å². The van der Waals surface area contributed by atoms with Crippen LogP contribution >= 0.6 is 0 Å². The summed E-state index contributed by atoms with van der Waals surface area (Å²) in [6.07, 6.45) is 2.35. The molecule has 4 nitrogen and oxygen atoms in total. The van der Waals surface area contributed by atoms with Gasteiger partial charge in [-0.2, -0.15) is 0 Å². The molecule has 1 rings (SSSR count). The highest BCUT2D eigenvalue weighted by atomic mass is 16.5. The highest BCUT2D eigenvalue weighted by Gasteiger charge is 2.24. The summed E-state index contributed by atoms with van der Waals surface area (Å²) in [5.74, 6) is 0.696. The topological polar surface area (TPSA) is 44.7 Å². The van der Waals surface area contributed by atoms with Crippen LogP contribution in [0.25, 0.3) is 0 Å². The predicted octanol–water partition coefficient (Wildman–Crippen LogP) is 1.09. The third kappa shape index (κ3) is 5.65. The van der Waals surface area contributed by atoms with Crippen LogP contribution in [0.15, 0.2) is 0 Å². The maximum atomic E-state index is 9.95. The molecule has 3 unspecified atom stereocenters. The second-order valence-corrected chi connectivity index (χ2v) is 5.78. The SMILES string of the molecule is CNC(C)C1CCCN(CC(O)COC(C)C)C1. The minimum Gasteiger partial charge on any atom is -0.389 e. The number of likely N-dealkylation sites (tertiary alicyclic amines) is 1. The van der Waals surface area contributed by atoms with E-state index in [1.165, 1.54) is 12.8 Å². The number of nitrogens with one attached hydrogen (secondary N) is 1. The lowest BCUT2D eigenvalue weighted by Gasteiger charge is -2.36. The zero-order valence-electron chi connectivity index (χ0n) is 12.4. The van der Waals surface area contributed by atoms with Crippen LogP contribution in [-0.4, -0.2) is 61.5 Å². The maximum absolute atomic E-state index is 9.95. The lowest BCUT2D eigenvalue weighted by Crippen LogP contribution is -2.46. The fraction of sp³-hybridized carbons (Fsp3) is 1.00. The number of aliphatic hydroxyl groups is 1. The first-order chi connectivity index (χ1) is 8.52. The van der Waals surface area contributed by atoms with E-state index < -0.39 is 0 Å². The zero-order chi connectivity index (χ0) is 13.5. The summed E-state index contributed by atoms with van der Waals surface area (Å²) in [4.78, 5) is 2.37. The third-order valence-corrected chi connectivity index (χ3v) is 3.80. The van der Waals surface area contributed by atoms with Crippen molar-refractivity contribution < 1.29 is 9.84 Å². The van der Waals surface area contributed by atoms with Gasteiger partial charge in [0, 0.05) is 19.1 Å². The van der Waals surface area contributed by atoms with E-state index in [0.29, 0.717) is 18.6 Å². The summed E-state index contributed by atoms with van der Waals surface area (Å²) in [6.45, 7) is 9.61. The second-order valence-electron chi connectivity index (χ2n) is 5.78. The van der Waals surface area contributed by atoms with Gasteiger partial charge in [-0.25, -0.2) is 0 Å². The van der Waals surface area contributed by atoms with Gasteiger partial charge in [0.25, 0.3) is 0 Å². The average Bonchev–Trinajstić information content (AvgIpc) is 2.35. The zero-order valence-corrected chi connectivity index (χ0v) is 12.4. The van der Waals surface area contributed by atoms with Crippen LogP contribution in [0.5, 0.6) is 0 Å². The molecule has 0 amide bonds. The van der Waals surface area contributed by atoms with Gasteiger partial charge in [-0.3, -0.25) is 0 Å². The molecule has 0 aliphatic carbocycles. The number of β-amino-alcohol motifs (C(OH)–C–C–N with tert-alkyl or cyclic N) is 1. The summed E-state index contributed by atoms with van der Waals surface area (Å²) in [6, 6.07) is 0.553. The van der Waals surface area contributed by atoms with E-state index in [4.69, 9.17) is 4.74 Å². The second kappa shape index (κ2) is 8.10. The molecule has 1 saturated heterocycles. The van der Waals surface area contributed by atoms with E-state index in [9.17, 15) is 5.11 Å². The van der Waals surface area contributed by atoms with E-state index >= 15 is 0 Å². The highest BCUT2D eigenvalue weighted by Crippen LogP contribution is 2.19. The summed E-state index contributed by atoms with van der Waals surface area (Å²) in [7, 11) is 2.02. The molecular weight excluding hydrogens is 228 g/mol. The molecule has 4 heteroatoms. The Morgan fingerprint density at radius 3 is 2.72 bits per heavy atom. The number of rotatable bonds is 7. The first kappa shape index (κ1) is 15.9. The first-order valence-electron chi connectivity index (χ1n) is 7.22. The lowest BCUT2D eigenvalue weighted by atomic mass is 9.91. The Bertz CT molecular complexity index is 224. The number of nitrogens with zero attached hydrogens (tertiary/aromatic N) is 1. The van der Waals surface area contributed by atoms with Crippen molar-refractivity contribution in [1.29, 1.82) is 0 Å². The van der Waals surface area contributed by atoms with Gasteiger partial charge in [-0.1, -0.05) is 0 Å². The molecule has 0 spiro atoms. The Labute approximate surface area is 112 Å². The molecule has 1 heterocycles. The Balaban J connectivity index is 2.28. The third-order valence-electron chi connectivity index (χ3n) is 3.80. The van der Waals surface area contributed by atoms with E-state index in [0.717, 1.165) is 19.6 Å². The summed E-state index contributed by atoms with van der Waals surface area (Å²) in [5, 5.41) is 13.3. The van der Waals surface area contributed by atoms with E-state index in [1.807, 2.05) is 20.9 Å². The summed E-state index contributed by atoms with van der Waals surface area (Å²) >= 11 is 0. The minimum atomic E-state index is -0.365. The van der Waals surface area contributed by atoms with Gasteiger partial charge in [-0.05, 0) is 53.1 Å². The normalized spacial score (nSPS) is 25.3. The van der Waals surface area contributed by atoms with Gasteiger partial charge in [0.1, 0.15) is 0 Å². The molecule has 1 aliphatic rings. The monoisotopic (exact) mass is 258 g/mol. The van der Waals surface area contributed by atoms with Crippen molar-refractivity contribution in [3.8, 4) is 0 Å². The van der Waals surface area contributed by atoms with Crippen molar-refractivity contribution in [2.45, 2.75) is 51.9 Å². The summed E-state index contributed by atoms with van der Waals surface area (Å²) in [5.41, 5.74) is 0. The molecule has 1 aliphatic heterocycles. The van der Waals surface area contributed by atoms with E-state index in [1.54, 1.807) is 0 Å². The molecule has 108 valence electrons. The van der Waals surface area contributed by atoms with E-state index in [-0.39, 0.29) is 12.2 Å². The van der Waals surface area contributed by atoms with E-state index in [2.05, 4.69) is 17.1 Å². The molecule has 0 aromatic carbocycles. The first-order valence-corrected chi connectivity index (χ1v) is 7.22. The van der Waals surface area contributed by atoms with Gasteiger partial charge in [-0.15, -0.1) is 0 Å². The Morgan fingerprint density at radius 2 is 2.11 bits per heavy atom. The minimum absolute atomic E-state index is 0.193. The molecule has 3 atom stereocenters. The summed E-state index contributed by atoms with van der Waals surface area (Å²) < 4.78 is 5.45. The van der Waals surface area contributed by atoms with Crippen molar-refractivity contribution in [2.75, 3.05) is 33.3 Å². The van der Waals surface area contributed by atoms with Crippen molar-refractivity contribution in [3.63, 3.8) is 0 Å². The molecule has 2 N–H and O–H groups in total. The van der Waals surface area contributed by atoms with Crippen LogP contribution in [0.2, 0.25) is 0 Å². The Hall–Kier alpha value is -0.160. The average molecular weight is 258 g/mol. The molecule has 0 aromatic heterocycles. The van der Waals surface area contributed by atoms with Gasteiger partial charge in [0.15, 0.2) is 0 Å². The number of aliphatic hydroxyl groups excluding tert-OH is 1. The smallest absolute Gasteiger partial charge is 0.0900 e. The fourth-order valence-electron chi connectivity index (χ4n) is 2.56. The van der Waals surface area contributed by atoms with Crippen LogP contribution in [0.3, 0.4) is 0 Å². The van der Waals surface area contributed by atoms with Crippen molar-refractivity contribution in [2.24, 2.45) is 5.92 Å². The quantitative estimate of drug-likeness (QED) is 0.717. The largest absolute Gasteiger partial charge is 0.389 e. The standard InChI is InChI=1S/C14H30N2O2/c1-11(2)18-10-14(17)9-16-7-5-6-13(8-16)12(3)15-4/h11-15,17H,5-10H2,1-4H3. The highest BCUT2D eigenvalue weighted by molar-refractivity contribution is 4.80. The maximum Gasteiger partial charge on any atom is 0.0900 e. The lowest BCUT2D eigenvalue weighted by molar-refractivity contribution is -0.0144. The number of piperidine rings is 1. The molecule has 0 radical (unpaired) electrons. The van der Waals surface area contributed by atoms with Crippen LogP contribution in [-0.2, 0) is 4.74 Å². The molecule has 18 heavy (non-hydrogen) atoms. The molecule has 1 fully saturated rings. The van der Waals surface area contributed by atoms with Crippen molar-refractivity contribution >= 4 is 0 Å². The predicted molar refractivity (Wildman–Crippen MR) is 74.8 cm³/mol. The Kier molecular flexibility index (Phi) is 7.15. The molecule has 0 saturated carbocycles. The van der Waals surface area contributed by atoms with Crippen LogP contribution in [0.1, 0.15) is 33.6 Å². The number of hydrogen-bond donors (Lipinski definition) is 2. The molecule has 0 bridgehead atoms. The van der Waals surface area contributed by atoms with Gasteiger partial charge < -0.3 is 20.1 Å². The fourth-order valence-corrected chi connectivity index (χ4v) is 2.56. The van der Waals surface area contributed by atoms with Gasteiger partial charge >= 0.3 is 0 Å². The van der Waals surface area contributed by atoms with Gasteiger partial charge in [0.2, 0.25) is 0 Å². The van der Waals surface area contributed by atoms with Crippen LogP contribution < -0.4 is 5.32 Å². The van der Waals surface area contributed by atoms with Crippen molar-refractivity contribution in [1.82, 2.24) is 10.2 Å².